The molecule has 0 saturated carbocycles. The summed E-state index contributed by atoms with van der Waals surface area (Å²) >= 11 is 1.62. The van der Waals surface area contributed by atoms with Crippen molar-refractivity contribution >= 4 is 28.6 Å². The average Bonchev–Trinajstić information content (AvgIpc) is 3.50. The van der Waals surface area contributed by atoms with E-state index in [9.17, 15) is 18.0 Å². The lowest BCUT2D eigenvalue weighted by molar-refractivity contribution is -0.274. The first-order chi connectivity index (χ1) is 22.4. The minimum absolute atomic E-state index is 0.171. The molecule has 2 atom stereocenters. The van der Waals surface area contributed by atoms with Crippen molar-refractivity contribution in [1.82, 2.24) is 20.1 Å². The van der Waals surface area contributed by atoms with Gasteiger partial charge in [-0.2, -0.15) is 4.99 Å². The second-order valence-electron chi connectivity index (χ2n) is 12.2. The number of urea groups is 1. The van der Waals surface area contributed by atoms with Crippen molar-refractivity contribution in [3.8, 4) is 22.8 Å². The normalized spacial score (nSPS) is 16.8. The number of amides is 2. The van der Waals surface area contributed by atoms with Crippen molar-refractivity contribution in [2.75, 3.05) is 17.2 Å². The Morgan fingerprint density at radius 2 is 1.81 bits per heavy atom. The van der Waals surface area contributed by atoms with Crippen LogP contribution in [-0.2, 0) is 6.42 Å². The fourth-order valence-corrected chi connectivity index (χ4v) is 6.94. The van der Waals surface area contributed by atoms with Crippen molar-refractivity contribution in [3.63, 3.8) is 0 Å². The molecular formula is C35H39F3N6O2S. The van der Waals surface area contributed by atoms with Crippen molar-refractivity contribution in [3.05, 3.63) is 89.7 Å². The second kappa shape index (κ2) is 14.6. The highest BCUT2D eigenvalue weighted by Gasteiger charge is 2.31. The lowest BCUT2D eigenvalue weighted by Gasteiger charge is -2.37. The van der Waals surface area contributed by atoms with Gasteiger partial charge in [0.25, 0.3) is 0 Å². The molecule has 4 aromatic rings. The molecule has 12 heteroatoms. The van der Waals surface area contributed by atoms with Crippen LogP contribution in [0.4, 0.5) is 23.7 Å². The van der Waals surface area contributed by atoms with Gasteiger partial charge in [-0.15, -0.1) is 18.3 Å². The number of carbonyl (C=O) groups is 1. The fraction of sp³-hybridized carbons (Fsp3) is 0.371. The van der Waals surface area contributed by atoms with Crippen LogP contribution in [-0.4, -0.2) is 50.7 Å². The van der Waals surface area contributed by atoms with E-state index < -0.39 is 6.36 Å². The maximum Gasteiger partial charge on any atom is 0.573 e. The van der Waals surface area contributed by atoms with E-state index in [1.165, 1.54) is 46.4 Å². The summed E-state index contributed by atoms with van der Waals surface area (Å²) in [5.74, 6) is 1.62. The van der Waals surface area contributed by atoms with E-state index in [0.717, 1.165) is 40.6 Å². The first-order valence-corrected chi connectivity index (χ1v) is 16.6. The zero-order valence-electron chi connectivity index (χ0n) is 27.1. The number of rotatable bonds is 9. The van der Waals surface area contributed by atoms with Gasteiger partial charge in [-0.1, -0.05) is 68.9 Å². The average molecular weight is 665 g/mol. The maximum atomic E-state index is 13.0. The summed E-state index contributed by atoms with van der Waals surface area (Å²) in [5.41, 5.74) is 6.11. The highest BCUT2D eigenvalue weighted by Crippen LogP contribution is 2.36. The molecule has 2 amide bonds. The van der Waals surface area contributed by atoms with Gasteiger partial charge >= 0.3 is 12.4 Å². The third-order valence-electron chi connectivity index (χ3n) is 7.97. The number of carbonyl (C=O) groups excluding carboxylic acids is 1. The van der Waals surface area contributed by atoms with E-state index in [-0.39, 0.29) is 23.7 Å². The van der Waals surface area contributed by atoms with Gasteiger partial charge in [0.15, 0.2) is 11.0 Å². The number of alkyl halides is 3. The Kier molecular flexibility index (Phi) is 10.6. The molecule has 47 heavy (non-hydrogen) atoms. The lowest BCUT2D eigenvalue weighted by Crippen LogP contribution is -2.43. The number of ether oxygens (including phenoxy) is 1. The summed E-state index contributed by atoms with van der Waals surface area (Å²) in [6, 6.07) is 19.5. The molecule has 2 heterocycles. The highest BCUT2D eigenvalue weighted by molar-refractivity contribution is 8.14. The minimum Gasteiger partial charge on any atom is -0.406 e. The molecule has 2 unspecified atom stereocenters. The number of aryl methyl sites for hydroxylation is 1. The molecule has 248 valence electrons. The van der Waals surface area contributed by atoms with Gasteiger partial charge in [-0.3, -0.25) is 0 Å². The SMILES string of the molecule is Cc1cccc(N2/C(=N/C(=O)NCC(C)Cc3ccc(-c4ncn(-c5ccc(OC(F)(F)F)cc5)n4)cc3)SCCC2C)c1C(C)C. The Bertz CT molecular complexity index is 1700. The van der Waals surface area contributed by atoms with Crippen LogP contribution in [0.5, 0.6) is 5.75 Å². The molecule has 5 rings (SSSR count). The van der Waals surface area contributed by atoms with Crippen LogP contribution in [0.2, 0.25) is 0 Å². The molecule has 1 fully saturated rings. The molecule has 1 aromatic heterocycles. The van der Waals surface area contributed by atoms with Gasteiger partial charge in [0.2, 0.25) is 0 Å². The standard InChI is InChI=1S/C35H39F3N6O2S/c1-22(2)31-24(4)7-6-8-30(31)44-25(5)17-18-47-34(44)41-33(45)39-20-23(3)19-26-9-11-27(12-10-26)32-40-21-43(42-32)28-13-15-29(16-14-28)46-35(36,37)38/h6-16,21-23,25H,17-20H2,1-5H3,(H,39,45)/b41-34-. The van der Waals surface area contributed by atoms with Crippen molar-refractivity contribution in [2.24, 2.45) is 10.9 Å². The van der Waals surface area contributed by atoms with Gasteiger partial charge in [-0.25, -0.2) is 14.5 Å². The monoisotopic (exact) mass is 664 g/mol. The molecule has 1 aliphatic rings. The van der Waals surface area contributed by atoms with Gasteiger partial charge in [0, 0.05) is 29.6 Å². The van der Waals surface area contributed by atoms with Crippen molar-refractivity contribution < 1.29 is 22.7 Å². The van der Waals surface area contributed by atoms with Crippen molar-refractivity contribution in [1.29, 1.82) is 0 Å². The molecular weight excluding hydrogens is 625 g/mol. The van der Waals surface area contributed by atoms with Crippen LogP contribution in [0, 0.1) is 12.8 Å². The predicted octanol–water partition coefficient (Wildman–Crippen LogP) is 8.54. The first kappa shape index (κ1) is 34.0. The molecule has 0 radical (unpaired) electrons. The predicted molar refractivity (Wildman–Crippen MR) is 181 cm³/mol. The zero-order chi connectivity index (χ0) is 33.7. The van der Waals surface area contributed by atoms with E-state index >= 15 is 0 Å². The van der Waals surface area contributed by atoms with Crippen LogP contribution in [0.3, 0.4) is 0 Å². The third-order valence-corrected chi connectivity index (χ3v) is 8.96. The number of aromatic nitrogens is 3. The van der Waals surface area contributed by atoms with Crippen LogP contribution >= 0.6 is 11.8 Å². The number of thioether (sulfide) groups is 1. The van der Waals surface area contributed by atoms with E-state index in [1.54, 1.807) is 11.8 Å². The molecule has 0 spiro atoms. The van der Waals surface area contributed by atoms with Crippen molar-refractivity contribution in [2.45, 2.75) is 65.8 Å². The molecule has 1 aliphatic heterocycles. The second-order valence-corrected chi connectivity index (χ2v) is 13.2. The number of nitrogens with one attached hydrogen (secondary N) is 1. The first-order valence-electron chi connectivity index (χ1n) is 15.6. The topological polar surface area (TPSA) is 84.6 Å². The number of amidine groups is 1. The summed E-state index contributed by atoms with van der Waals surface area (Å²) in [5, 5.41) is 8.21. The summed E-state index contributed by atoms with van der Waals surface area (Å²) in [7, 11) is 0. The molecule has 0 aliphatic carbocycles. The van der Waals surface area contributed by atoms with E-state index in [4.69, 9.17) is 0 Å². The van der Waals surface area contributed by atoms with Crippen LogP contribution in [0.1, 0.15) is 56.7 Å². The van der Waals surface area contributed by atoms with Gasteiger partial charge in [-0.05, 0) is 85.5 Å². The molecule has 3 aromatic carbocycles. The maximum absolute atomic E-state index is 13.0. The van der Waals surface area contributed by atoms with Gasteiger partial charge in [0.1, 0.15) is 12.1 Å². The number of hydrogen-bond acceptors (Lipinski definition) is 5. The molecule has 1 N–H and O–H groups in total. The number of aliphatic imine (C=N–C) groups is 1. The summed E-state index contributed by atoms with van der Waals surface area (Å²) < 4.78 is 42.7. The Morgan fingerprint density at radius 1 is 1.09 bits per heavy atom. The third kappa shape index (κ3) is 8.73. The number of anilines is 1. The zero-order valence-corrected chi connectivity index (χ0v) is 27.9. The summed E-state index contributed by atoms with van der Waals surface area (Å²) in [4.78, 5) is 24.1. The number of nitrogens with zero attached hydrogens (tertiary/aromatic N) is 5. The Hall–Kier alpha value is -4.32. The van der Waals surface area contributed by atoms with Crippen LogP contribution < -0.4 is 15.0 Å². The number of halogens is 3. The van der Waals surface area contributed by atoms with E-state index in [1.807, 2.05) is 24.3 Å². The lowest BCUT2D eigenvalue weighted by atomic mass is 9.95. The minimum atomic E-state index is -4.75. The Morgan fingerprint density at radius 3 is 2.49 bits per heavy atom. The molecule has 0 bridgehead atoms. The van der Waals surface area contributed by atoms with E-state index in [0.29, 0.717) is 24.0 Å². The summed E-state index contributed by atoms with van der Waals surface area (Å²) in [6.07, 6.45) is -1.47. The van der Waals surface area contributed by atoms with Gasteiger partial charge in [0.05, 0.1) is 5.69 Å². The summed E-state index contributed by atoms with van der Waals surface area (Å²) in [6.45, 7) is 11.3. The van der Waals surface area contributed by atoms with E-state index in [2.05, 4.69) is 82.8 Å². The van der Waals surface area contributed by atoms with Crippen LogP contribution in [0.25, 0.3) is 17.1 Å². The molecule has 1 saturated heterocycles. The number of benzene rings is 3. The van der Waals surface area contributed by atoms with Gasteiger partial charge < -0.3 is 15.0 Å². The Balaban J connectivity index is 1.17. The fourth-order valence-electron chi connectivity index (χ4n) is 5.73. The highest BCUT2D eigenvalue weighted by atomic mass is 32.2. The quantitative estimate of drug-likeness (QED) is 0.193. The Labute approximate surface area is 277 Å². The van der Waals surface area contributed by atoms with Crippen LogP contribution in [0.15, 0.2) is 78.0 Å². The molecule has 8 nitrogen and oxygen atoms in total. The number of hydrogen-bond donors (Lipinski definition) is 1. The smallest absolute Gasteiger partial charge is 0.406 e. The largest absolute Gasteiger partial charge is 0.573 e.